The van der Waals surface area contributed by atoms with Gasteiger partial charge in [0.05, 0.1) is 0 Å². The molecule has 0 aliphatic heterocycles. The summed E-state index contributed by atoms with van der Waals surface area (Å²) < 4.78 is 0. The summed E-state index contributed by atoms with van der Waals surface area (Å²) in [6.07, 6.45) is 0. The van der Waals surface area contributed by atoms with E-state index in [0.29, 0.717) is 16.5 Å². The standard InChI is InChI=1S/C22H16O2/c1-15(23)19-9-6-10-21-18(12-11-17-7-4-3-5-8-17)13-14-20(16(2)24)22(19)21/h3-10,13-14H,1-2H3. The van der Waals surface area contributed by atoms with E-state index in [1.54, 1.807) is 12.1 Å². The Kier molecular flexibility index (Phi) is 4.26. The van der Waals surface area contributed by atoms with Crippen molar-refractivity contribution in [3.05, 3.63) is 82.9 Å². The van der Waals surface area contributed by atoms with Gasteiger partial charge in [0.15, 0.2) is 11.6 Å². The summed E-state index contributed by atoms with van der Waals surface area (Å²) in [7, 11) is 0. The summed E-state index contributed by atoms with van der Waals surface area (Å²) in [4.78, 5) is 24.0. The van der Waals surface area contributed by atoms with E-state index in [9.17, 15) is 9.59 Å². The summed E-state index contributed by atoms with van der Waals surface area (Å²) in [6.45, 7) is 3.03. The van der Waals surface area contributed by atoms with Gasteiger partial charge in [-0.25, -0.2) is 0 Å². The van der Waals surface area contributed by atoms with Gasteiger partial charge in [0.2, 0.25) is 0 Å². The lowest BCUT2D eigenvalue weighted by molar-refractivity contribution is 0.101. The number of ketones is 2. The van der Waals surface area contributed by atoms with Gasteiger partial charge in [-0.15, -0.1) is 0 Å². The molecular formula is C22H16O2. The Balaban J connectivity index is 2.27. The molecule has 0 saturated carbocycles. The van der Waals surface area contributed by atoms with E-state index in [1.807, 2.05) is 48.5 Å². The molecule has 0 amide bonds. The molecule has 24 heavy (non-hydrogen) atoms. The van der Waals surface area contributed by atoms with Gasteiger partial charge < -0.3 is 0 Å². The summed E-state index contributed by atoms with van der Waals surface area (Å²) in [6, 6.07) is 18.8. The molecule has 0 radical (unpaired) electrons. The van der Waals surface area contributed by atoms with Crippen LogP contribution in [0.4, 0.5) is 0 Å². The van der Waals surface area contributed by atoms with Crippen LogP contribution in [0.5, 0.6) is 0 Å². The number of hydrogen-bond acceptors (Lipinski definition) is 2. The Morgan fingerprint density at radius 2 is 1.38 bits per heavy atom. The van der Waals surface area contributed by atoms with Crippen molar-refractivity contribution in [3.63, 3.8) is 0 Å². The fourth-order valence-corrected chi connectivity index (χ4v) is 2.76. The minimum absolute atomic E-state index is 0.0590. The minimum atomic E-state index is -0.0590. The maximum Gasteiger partial charge on any atom is 0.160 e. The Morgan fingerprint density at radius 3 is 2.04 bits per heavy atom. The predicted molar refractivity (Wildman–Crippen MR) is 96.4 cm³/mol. The second kappa shape index (κ2) is 6.52. The molecule has 3 aromatic carbocycles. The molecule has 0 spiro atoms. The van der Waals surface area contributed by atoms with Crippen LogP contribution in [0, 0.1) is 11.8 Å². The van der Waals surface area contributed by atoms with Crippen LogP contribution in [-0.2, 0) is 0 Å². The van der Waals surface area contributed by atoms with Crippen molar-refractivity contribution in [1.82, 2.24) is 0 Å². The van der Waals surface area contributed by atoms with Crippen LogP contribution in [0.25, 0.3) is 10.8 Å². The van der Waals surface area contributed by atoms with Gasteiger partial charge in [0.25, 0.3) is 0 Å². The van der Waals surface area contributed by atoms with Crippen molar-refractivity contribution in [2.75, 3.05) is 0 Å². The highest BCUT2D eigenvalue weighted by molar-refractivity contribution is 6.16. The number of hydrogen-bond donors (Lipinski definition) is 0. The van der Waals surface area contributed by atoms with E-state index in [2.05, 4.69) is 11.8 Å². The SMILES string of the molecule is CC(=O)c1cccc2c(C#Cc3ccccc3)ccc(C(C)=O)c12. The van der Waals surface area contributed by atoms with E-state index >= 15 is 0 Å². The van der Waals surface area contributed by atoms with Crippen LogP contribution in [0.2, 0.25) is 0 Å². The molecule has 0 aliphatic rings. The number of fused-ring (bicyclic) bond motifs is 1. The highest BCUT2D eigenvalue weighted by Crippen LogP contribution is 2.27. The lowest BCUT2D eigenvalue weighted by atomic mass is 9.92. The fraction of sp³-hybridized carbons (Fsp3) is 0.0909. The third-order valence-corrected chi connectivity index (χ3v) is 3.91. The number of Topliss-reactive ketones (excluding diaryl/α,β-unsaturated/α-hetero) is 2. The first-order valence-corrected chi connectivity index (χ1v) is 7.72. The molecule has 2 nitrogen and oxygen atoms in total. The highest BCUT2D eigenvalue weighted by Gasteiger charge is 2.14. The molecule has 0 saturated heterocycles. The molecule has 0 heterocycles. The van der Waals surface area contributed by atoms with Crippen LogP contribution < -0.4 is 0 Å². The largest absolute Gasteiger partial charge is 0.294 e. The first-order chi connectivity index (χ1) is 11.6. The van der Waals surface area contributed by atoms with Crippen LogP contribution in [-0.4, -0.2) is 11.6 Å². The Labute approximate surface area is 141 Å². The van der Waals surface area contributed by atoms with Crippen LogP contribution in [0.3, 0.4) is 0 Å². The zero-order valence-corrected chi connectivity index (χ0v) is 13.6. The van der Waals surface area contributed by atoms with Gasteiger partial charge in [-0.1, -0.05) is 48.2 Å². The molecular weight excluding hydrogens is 296 g/mol. The number of carbonyl (C=O) groups is 2. The molecule has 0 N–H and O–H groups in total. The maximum absolute atomic E-state index is 12.0. The smallest absolute Gasteiger partial charge is 0.160 e. The number of benzene rings is 3. The molecule has 3 rings (SSSR count). The van der Waals surface area contributed by atoms with E-state index < -0.39 is 0 Å². The highest BCUT2D eigenvalue weighted by atomic mass is 16.1. The average Bonchev–Trinajstić information content (AvgIpc) is 2.59. The van der Waals surface area contributed by atoms with E-state index in [4.69, 9.17) is 0 Å². The Hall–Kier alpha value is -3.18. The van der Waals surface area contributed by atoms with Crippen molar-refractivity contribution in [1.29, 1.82) is 0 Å². The van der Waals surface area contributed by atoms with Crippen molar-refractivity contribution in [3.8, 4) is 11.8 Å². The van der Waals surface area contributed by atoms with Gasteiger partial charge in [-0.05, 0) is 43.5 Å². The zero-order valence-electron chi connectivity index (χ0n) is 13.6. The second-order valence-electron chi connectivity index (χ2n) is 5.62. The summed E-state index contributed by atoms with van der Waals surface area (Å²) in [5.74, 6) is 6.18. The van der Waals surface area contributed by atoms with Crippen LogP contribution >= 0.6 is 0 Å². The molecule has 116 valence electrons. The van der Waals surface area contributed by atoms with E-state index in [0.717, 1.165) is 16.5 Å². The monoisotopic (exact) mass is 312 g/mol. The van der Waals surface area contributed by atoms with Crippen molar-refractivity contribution in [2.24, 2.45) is 0 Å². The molecule has 2 heteroatoms. The van der Waals surface area contributed by atoms with Gasteiger partial charge >= 0.3 is 0 Å². The molecule has 0 aromatic heterocycles. The van der Waals surface area contributed by atoms with Gasteiger partial charge in [0, 0.05) is 27.6 Å². The maximum atomic E-state index is 12.0. The van der Waals surface area contributed by atoms with E-state index in [-0.39, 0.29) is 11.6 Å². The van der Waals surface area contributed by atoms with Gasteiger partial charge in [0.1, 0.15) is 0 Å². The Morgan fingerprint density at radius 1 is 0.708 bits per heavy atom. The second-order valence-corrected chi connectivity index (χ2v) is 5.62. The quantitative estimate of drug-likeness (QED) is 0.510. The minimum Gasteiger partial charge on any atom is -0.294 e. The molecule has 0 aliphatic carbocycles. The summed E-state index contributed by atoms with van der Waals surface area (Å²) in [5, 5.41) is 1.52. The van der Waals surface area contributed by atoms with Crippen molar-refractivity contribution >= 4 is 22.3 Å². The molecule has 0 fully saturated rings. The fourth-order valence-electron chi connectivity index (χ4n) is 2.76. The van der Waals surface area contributed by atoms with Crippen LogP contribution in [0.15, 0.2) is 60.7 Å². The third kappa shape index (κ3) is 2.98. The first kappa shape index (κ1) is 15.7. The molecule has 0 atom stereocenters. The molecule has 0 unspecified atom stereocenters. The lowest BCUT2D eigenvalue weighted by Crippen LogP contribution is -2.01. The predicted octanol–water partition coefficient (Wildman–Crippen LogP) is 4.64. The number of carbonyl (C=O) groups excluding carboxylic acids is 2. The average molecular weight is 312 g/mol. The topological polar surface area (TPSA) is 34.1 Å². The van der Waals surface area contributed by atoms with Gasteiger partial charge in [-0.3, -0.25) is 9.59 Å². The summed E-state index contributed by atoms with van der Waals surface area (Å²) in [5.41, 5.74) is 2.84. The van der Waals surface area contributed by atoms with E-state index in [1.165, 1.54) is 13.8 Å². The van der Waals surface area contributed by atoms with Crippen molar-refractivity contribution in [2.45, 2.75) is 13.8 Å². The lowest BCUT2D eigenvalue weighted by Gasteiger charge is -2.09. The first-order valence-electron chi connectivity index (χ1n) is 7.72. The Bertz CT molecular complexity index is 982. The summed E-state index contributed by atoms with van der Waals surface area (Å²) >= 11 is 0. The van der Waals surface area contributed by atoms with Crippen molar-refractivity contribution < 1.29 is 9.59 Å². The third-order valence-electron chi connectivity index (χ3n) is 3.91. The van der Waals surface area contributed by atoms with Crippen LogP contribution in [0.1, 0.15) is 45.7 Å². The van der Waals surface area contributed by atoms with Gasteiger partial charge in [-0.2, -0.15) is 0 Å². The zero-order chi connectivity index (χ0) is 17.1. The number of rotatable bonds is 2. The molecule has 3 aromatic rings. The molecule has 0 bridgehead atoms. The normalized spacial score (nSPS) is 10.1.